The fourth-order valence-electron chi connectivity index (χ4n) is 6.64. The third kappa shape index (κ3) is 3.13. The van der Waals surface area contributed by atoms with E-state index in [9.17, 15) is 19.2 Å². The van der Waals surface area contributed by atoms with Gasteiger partial charge < -0.3 is 9.72 Å². The molecular formula is C23H21BrN2O5S2. The van der Waals surface area contributed by atoms with Crippen molar-refractivity contribution in [2.45, 2.75) is 29.5 Å². The monoisotopic (exact) mass is 548 g/mol. The highest BCUT2D eigenvalue weighted by Crippen LogP contribution is 2.68. The average Bonchev–Trinajstić information content (AvgIpc) is 3.49. The molecule has 7 atom stereocenters. The van der Waals surface area contributed by atoms with Crippen LogP contribution in [-0.4, -0.2) is 46.1 Å². The third-order valence-electron chi connectivity index (χ3n) is 7.62. The maximum Gasteiger partial charge on any atom is 0.326 e. The summed E-state index contributed by atoms with van der Waals surface area (Å²) in [7, 11) is 0. The van der Waals surface area contributed by atoms with Crippen LogP contribution in [0, 0.1) is 29.6 Å². The third-order valence-corrected chi connectivity index (χ3v) is 10.7. The van der Waals surface area contributed by atoms with Crippen molar-refractivity contribution >= 4 is 56.8 Å². The van der Waals surface area contributed by atoms with Gasteiger partial charge in [-0.2, -0.15) is 0 Å². The molecule has 7 nitrogen and oxygen atoms in total. The van der Waals surface area contributed by atoms with Gasteiger partial charge in [0, 0.05) is 20.5 Å². The van der Waals surface area contributed by atoms with E-state index >= 15 is 0 Å². The highest BCUT2D eigenvalue weighted by atomic mass is 79.9. The molecule has 6 rings (SSSR count). The number of thiazole rings is 1. The molecule has 1 saturated heterocycles. The zero-order valence-corrected chi connectivity index (χ0v) is 20.9. The fraction of sp³-hybridized carbons (Fsp3) is 0.478. The summed E-state index contributed by atoms with van der Waals surface area (Å²) in [6.07, 6.45) is 0.825. The predicted octanol–water partition coefficient (Wildman–Crippen LogP) is 3.24. The van der Waals surface area contributed by atoms with Crippen molar-refractivity contribution in [2.75, 3.05) is 13.2 Å². The van der Waals surface area contributed by atoms with E-state index in [4.69, 9.17) is 4.74 Å². The summed E-state index contributed by atoms with van der Waals surface area (Å²) in [5.41, 5.74) is 1.11. The van der Waals surface area contributed by atoms with Crippen LogP contribution < -0.4 is 4.87 Å². The largest absolute Gasteiger partial charge is 0.465 e. The Hall–Kier alpha value is -1.91. The summed E-state index contributed by atoms with van der Waals surface area (Å²) in [5.74, 6) is -1.60. The number of halogens is 1. The molecule has 2 aliphatic heterocycles. The number of carbonyl (C=O) groups is 3. The van der Waals surface area contributed by atoms with Gasteiger partial charge in [-0.15, -0.1) is 11.8 Å². The number of hydrogen-bond donors (Lipinski definition) is 1. The molecule has 3 heterocycles. The number of nitrogens with zero attached hydrogens (tertiary/aromatic N) is 1. The zero-order chi connectivity index (χ0) is 23.0. The van der Waals surface area contributed by atoms with Crippen LogP contribution in [-0.2, 0) is 19.1 Å². The number of nitrogens with one attached hydrogen (secondary N) is 1. The molecule has 172 valence electrons. The lowest BCUT2D eigenvalue weighted by molar-refractivity contribution is -0.153. The Morgan fingerprint density at radius 3 is 2.70 bits per heavy atom. The first-order valence-electron chi connectivity index (χ1n) is 11.0. The first-order chi connectivity index (χ1) is 15.9. The van der Waals surface area contributed by atoms with Crippen LogP contribution in [0.4, 0.5) is 0 Å². The summed E-state index contributed by atoms with van der Waals surface area (Å²) >= 11 is 6.48. The number of fused-ring (bicyclic) bond motifs is 9. The molecule has 7 unspecified atom stereocenters. The van der Waals surface area contributed by atoms with E-state index in [1.807, 2.05) is 12.1 Å². The van der Waals surface area contributed by atoms with E-state index in [1.54, 1.807) is 18.7 Å². The van der Waals surface area contributed by atoms with E-state index in [-0.39, 0.29) is 64.7 Å². The number of hydrogen-bond acceptors (Lipinski definition) is 7. The van der Waals surface area contributed by atoms with Crippen molar-refractivity contribution in [3.8, 4) is 0 Å². The first kappa shape index (κ1) is 21.6. The van der Waals surface area contributed by atoms with Gasteiger partial charge >= 0.3 is 10.8 Å². The molecule has 2 aliphatic carbocycles. The average molecular weight is 549 g/mol. The van der Waals surface area contributed by atoms with Gasteiger partial charge in [0.05, 0.1) is 23.5 Å². The first-order valence-corrected chi connectivity index (χ1v) is 13.5. The van der Waals surface area contributed by atoms with Gasteiger partial charge in [0.25, 0.3) is 0 Å². The number of amides is 2. The van der Waals surface area contributed by atoms with Gasteiger partial charge in [-0.05, 0) is 48.8 Å². The molecule has 0 radical (unpaired) electrons. The van der Waals surface area contributed by atoms with Crippen LogP contribution in [0.2, 0.25) is 0 Å². The number of thioether (sulfide) groups is 1. The zero-order valence-electron chi connectivity index (χ0n) is 17.7. The van der Waals surface area contributed by atoms with Crippen LogP contribution in [0.1, 0.15) is 29.7 Å². The Morgan fingerprint density at radius 2 is 1.97 bits per heavy atom. The lowest BCUT2D eigenvalue weighted by Gasteiger charge is -2.43. The standard InChI is InChI=1S/C23H21BrN2O5S2/c1-2-31-13(27)8-26-21(28)16-11-7-12(17(16)22(26)29)18-15(11)14(9-4-3-5-10(24)6-9)19-20(32-18)25-23(30)33-19/h3-6,11-12,14-18H,2,7-8H2,1H3,(H,25,30). The number of ether oxygens (including phenoxy) is 1. The smallest absolute Gasteiger partial charge is 0.326 e. The van der Waals surface area contributed by atoms with Gasteiger partial charge in [-0.3, -0.25) is 24.1 Å². The molecular weight excluding hydrogens is 528 g/mol. The van der Waals surface area contributed by atoms with Crippen LogP contribution in [0.5, 0.6) is 0 Å². The summed E-state index contributed by atoms with van der Waals surface area (Å²) in [6, 6.07) is 8.13. The topological polar surface area (TPSA) is 96.5 Å². The molecule has 33 heavy (non-hydrogen) atoms. The minimum absolute atomic E-state index is 0.00865. The maximum atomic E-state index is 13.4. The summed E-state index contributed by atoms with van der Waals surface area (Å²) < 4.78 is 5.96. The van der Waals surface area contributed by atoms with Crippen LogP contribution in [0.15, 0.2) is 38.6 Å². The predicted molar refractivity (Wildman–Crippen MR) is 126 cm³/mol. The Kier molecular flexibility index (Phi) is 5.12. The minimum atomic E-state index is -0.551. The molecule has 2 aromatic rings. The molecule has 0 spiro atoms. The number of esters is 1. The summed E-state index contributed by atoms with van der Waals surface area (Å²) in [4.78, 5) is 56.0. The second-order valence-corrected chi connectivity index (χ2v) is 12.2. The molecule has 1 aromatic carbocycles. The van der Waals surface area contributed by atoms with Crippen LogP contribution in [0.3, 0.4) is 0 Å². The lowest BCUT2D eigenvalue weighted by atomic mass is 9.68. The molecule has 2 saturated carbocycles. The molecule has 10 heteroatoms. The number of H-pyrrole nitrogens is 1. The molecule has 2 bridgehead atoms. The number of likely N-dealkylation sites (tertiary alicyclic amines) is 1. The number of aromatic amines is 1. The van der Waals surface area contributed by atoms with Crippen LogP contribution in [0.25, 0.3) is 0 Å². The van der Waals surface area contributed by atoms with Crippen molar-refractivity contribution in [1.82, 2.24) is 9.88 Å². The number of aromatic nitrogens is 1. The highest BCUT2D eigenvalue weighted by Gasteiger charge is 2.69. The molecule has 1 N–H and O–H groups in total. The fourth-order valence-corrected chi connectivity index (χ4v) is 9.95. The SMILES string of the molecule is CCOC(=O)CN1C(=O)C2C3CC(C2C1=O)C1C(c2cccc(Br)c2)c2sc(=O)[nH]c2SC31. The van der Waals surface area contributed by atoms with E-state index in [0.29, 0.717) is 0 Å². The lowest BCUT2D eigenvalue weighted by Crippen LogP contribution is -2.42. The number of benzene rings is 1. The molecule has 2 amide bonds. The number of carbonyl (C=O) groups excluding carboxylic acids is 3. The minimum Gasteiger partial charge on any atom is -0.465 e. The second kappa shape index (κ2) is 7.81. The van der Waals surface area contributed by atoms with E-state index in [2.05, 4.69) is 33.0 Å². The van der Waals surface area contributed by atoms with Crippen molar-refractivity contribution < 1.29 is 19.1 Å². The van der Waals surface area contributed by atoms with E-state index < -0.39 is 11.9 Å². The van der Waals surface area contributed by atoms with Crippen molar-refractivity contribution in [3.05, 3.63) is 48.8 Å². The maximum absolute atomic E-state index is 13.4. The summed E-state index contributed by atoms with van der Waals surface area (Å²) in [5, 5.41) is 1.03. The highest BCUT2D eigenvalue weighted by molar-refractivity contribution is 9.10. The molecule has 1 aromatic heterocycles. The molecule has 3 fully saturated rings. The van der Waals surface area contributed by atoms with E-state index in [1.165, 1.54) is 11.3 Å². The van der Waals surface area contributed by atoms with Crippen molar-refractivity contribution in [3.63, 3.8) is 0 Å². The summed E-state index contributed by atoms with van der Waals surface area (Å²) in [6.45, 7) is 1.60. The van der Waals surface area contributed by atoms with Gasteiger partial charge in [-0.1, -0.05) is 39.4 Å². The number of rotatable bonds is 4. The van der Waals surface area contributed by atoms with Gasteiger partial charge in [0.2, 0.25) is 11.8 Å². The van der Waals surface area contributed by atoms with Gasteiger partial charge in [0.15, 0.2) is 0 Å². The molecule has 4 aliphatic rings. The Bertz CT molecular complexity index is 1240. The van der Waals surface area contributed by atoms with Crippen molar-refractivity contribution in [2.24, 2.45) is 29.6 Å². The van der Waals surface area contributed by atoms with Gasteiger partial charge in [0.1, 0.15) is 6.54 Å². The second-order valence-electron chi connectivity index (χ2n) is 9.08. The Morgan fingerprint density at radius 1 is 1.21 bits per heavy atom. The van der Waals surface area contributed by atoms with Crippen LogP contribution >= 0.6 is 39.0 Å². The number of imide groups is 1. The normalized spacial score (nSPS) is 33.8. The Balaban J connectivity index is 1.40. The van der Waals surface area contributed by atoms with Gasteiger partial charge in [-0.25, -0.2) is 0 Å². The quantitative estimate of drug-likeness (QED) is 0.465. The van der Waals surface area contributed by atoms with E-state index in [0.717, 1.165) is 31.3 Å². The van der Waals surface area contributed by atoms with Crippen molar-refractivity contribution in [1.29, 1.82) is 0 Å². The Labute approximate surface area is 206 Å².